The monoisotopic (exact) mass is 311 g/mol. The number of fused-ring (bicyclic) bond motifs is 1. The van der Waals surface area contributed by atoms with E-state index in [-0.39, 0.29) is 0 Å². The molecule has 2 aromatic carbocycles. The van der Waals surface area contributed by atoms with Gasteiger partial charge in [0.2, 0.25) is 0 Å². The molecule has 0 radical (unpaired) electrons. The minimum Gasteiger partial charge on any atom is -0.468 e. The number of ether oxygens (including phenoxy) is 1. The molecule has 4 nitrogen and oxygen atoms in total. The van der Waals surface area contributed by atoms with Crippen LogP contribution in [0.25, 0.3) is 10.8 Å². The average Bonchev–Trinajstić information content (AvgIpc) is 2.45. The van der Waals surface area contributed by atoms with Gasteiger partial charge in [-0.25, -0.2) is 5.09 Å². The summed E-state index contributed by atoms with van der Waals surface area (Å²) in [5.41, 5.74) is 0. The molecular weight excluding hydrogens is 297 g/mol. The van der Waals surface area contributed by atoms with Crippen LogP contribution >= 0.6 is 17.9 Å². The van der Waals surface area contributed by atoms with Crippen LogP contribution in [-0.4, -0.2) is 19.1 Å². The van der Waals surface area contributed by atoms with Gasteiger partial charge in [0.15, 0.2) is 0 Å². The van der Waals surface area contributed by atoms with Gasteiger partial charge in [-0.2, -0.15) is 0 Å². The summed E-state index contributed by atoms with van der Waals surface area (Å²) >= 11 is 6.17. The van der Waals surface area contributed by atoms with Crippen LogP contribution in [0.15, 0.2) is 42.5 Å². The van der Waals surface area contributed by atoms with E-state index in [1.807, 2.05) is 30.3 Å². The molecule has 0 saturated carbocycles. The van der Waals surface area contributed by atoms with E-state index in [0.717, 1.165) is 10.8 Å². The maximum Gasteiger partial charge on any atom is 0.322 e. The van der Waals surface area contributed by atoms with Crippen molar-refractivity contribution in [1.29, 1.82) is 0 Å². The maximum atomic E-state index is 12.7. The molecule has 0 aromatic heterocycles. The topological polar surface area (TPSA) is 55.4 Å². The summed E-state index contributed by atoms with van der Waals surface area (Å²) in [5.74, 6) is -0.508. The highest BCUT2D eigenvalue weighted by molar-refractivity contribution is 7.93. The number of methoxy groups -OCH3 is 1. The number of benzene rings is 2. The van der Waals surface area contributed by atoms with Crippen molar-refractivity contribution >= 4 is 39.9 Å². The fourth-order valence-corrected chi connectivity index (χ4v) is 4.42. The Morgan fingerprint density at radius 1 is 1.25 bits per heavy atom. The van der Waals surface area contributed by atoms with Crippen molar-refractivity contribution in [3.8, 4) is 0 Å². The van der Waals surface area contributed by atoms with Gasteiger partial charge in [-0.1, -0.05) is 36.4 Å². The van der Waals surface area contributed by atoms with Crippen LogP contribution in [0, 0.1) is 0 Å². The fraction of sp³-hybridized carbons (Fsp3) is 0.214. The van der Waals surface area contributed by atoms with E-state index in [1.165, 1.54) is 7.11 Å². The first-order valence-electron chi connectivity index (χ1n) is 6.09. The zero-order valence-electron chi connectivity index (χ0n) is 11.2. The number of nitrogens with one attached hydrogen (secondary N) is 1. The molecule has 0 bridgehead atoms. The van der Waals surface area contributed by atoms with Gasteiger partial charge in [0.25, 0.3) is 6.65 Å². The van der Waals surface area contributed by atoms with Crippen molar-refractivity contribution in [3.05, 3.63) is 42.5 Å². The normalized spacial score (nSPS) is 15.6. The molecule has 0 fully saturated rings. The highest BCUT2D eigenvalue weighted by Gasteiger charge is 2.28. The molecular formula is C14H15ClNO3P. The van der Waals surface area contributed by atoms with E-state index in [0.29, 0.717) is 5.30 Å². The van der Waals surface area contributed by atoms with E-state index in [1.54, 1.807) is 19.1 Å². The van der Waals surface area contributed by atoms with Gasteiger partial charge in [-0.05, 0) is 35.0 Å². The molecule has 2 rings (SSSR count). The third-order valence-corrected chi connectivity index (χ3v) is 5.56. The summed E-state index contributed by atoms with van der Waals surface area (Å²) in [4.78, 5) is 11.4. The Kier molecular flexibility index (Phi) is 4.48. The zero-order chi connectivity index (χ0) is 14.8. The Morgan fingerprint density at radius 2 is 1.90 bits per heavy atom. The lowest BCUT2D eigenvalue weighted by molar-refractivity contribution is -0.142. The second-order valence-corrected chi connectivity index (χ2v) is 7.64. The summed E-state index contributed by atoms with van der Waals surface area (Å²) in [7, 11) is 1.28. The molecule has 0 heterocycles. The lowest BCUT2D eigenvalue weighted by Gasteiger charge is -2.18. The lowest BCUT2D eigenvalue weighted by Crippen LogP contribution is -2.34. The van der Waals surface area contributed by atoms with Crippen molar-refractivity contribution in [2.45, 2.75) is 13.0 Å². The van der Waals surface area contributed by atoms with E-state index in [9.17, 15) is 9.36 Å². The first kappa shape index (κ1) is 15.0. The second-order valence-electron chi connectivity index (χ2n) is 4.40. The first-order chi connectivity index (χ1) is 9.45. The standard InChI is InChI=1S/C14H15ClNO3P/c1-10(14(17)19-2)16-20(15,18)13-9-5-7-11-6-3-4-8-12(11)13/h3-10H,1-2H3,(H,16,18)/t10-,20?/m0/s1. The third-order valence-electron chi connectivity index (χ3n) is 2.99. The molecule has 1 unspecified atom stereocenters. The quantitative estimate of drug-likeness (QED) is 0.696. The zero-order valence-corrected chi connectivity index (χ0v) is 12.8. The minimum atomic E-state index is -3.39. The molecule has 0 spiro atoms. The van der Waals surface area contributed by atoms with Crippen molar-refractivity contribution in [2.24, 2.45) is 0 Å². The van der Waals surface area contributed by atoms with Crippen LogP contribution in [0.2, 0.25) is 0 Å². The van der Waals surface area contributed by atoms with Crippen LogP contribution < -0.4 is 10.4 Å². The number of carbonyl (C=O) groups is 1. The van der Waals surface area contributed by atoms with Crippen LogP contribution in [0.5, 0.6) is 0 Å². The highest BCUT2D eigenvalue weighted by atomic mass is 35.7. The molecule has 0 aliphatic rings. The van der Waals surface area contributed by atoms with Gasteiger partial charge in [0.1, 0.15) is 6.04 Å². The molecule has 0 saturated heterocycles. The van der Waals surface area contributed by atoms with E-state index in [2.05, 4.69) is 9.82 Å². The van der Waals surface area contributed by atoms with Gasteiger partial charge < -0.3 is 4.74 Å². The van der Waals surface area contributed by atoms with E-state index >= 15 is 0 Å². The number of rotatable bonds is 4. The molecule has 1 N–H and O–H groups in total. The largest absolute Gasteiger partial charge is 0.468 e. The summed E-state index contributed by atoms with van der Waals surface area (Å²) < 4.78 is 17.3. The van der Waals surface area contributed by atoms with Crippen LogP contribution in [0.4, 0.5) is 0 Å². The van der Waals surface area contributed by atoms with Crippen LogP contribution in [0.3, 0.4) is 0 Å². The molecule has 2 aromatic rings. The highest BCUT2D eigenvalue weighted by Crippen LogP contribution is 2.47. The van der Waals surface area contributed by atoms with Gasteiger partial charge in [-0.3, -0.25) is 9.36 Å². The van der Waals surface area contributed by atoms with Crippen molar-refractivity contribution in [2.75, 3.05) is 7.11 Å². The molecule has 2 atom stereocenters. The smallest absolute Gasteiger partial charge is 0.322 e. The predicted octanol–water partition coefficient (Wildman–Crippen LogP) is 3.05. The minimum absolute atomic E-state index is 0.494. The fourth-order valence-electron chi connectivity index (χ4n) is 2.01. The SMILES string of the molecule is COC(=O)[C@H](C)NP(=O)(Cl)c1cccc2ccccc12. The predicted molar refractivity (Wildman–Crippen MR) is 81.7 cm³/mol. The molecule has 0 amide bonds. The Morgan fingerprint density at radius 3 is 2.60 bits per heavy atom. The Bertz CT molecular complexity index is 684. The number of carbonyl (C=O) groups excluding carboxylic acids is 1. The Hall–Kier alpha value is -1.35. The van der Waals surface area contributed by atoms with E-state index in [4.69, 9.17) is 11.2 Å². The second kappa shape index (κ2) is 5.96. The number of halogens is 1. The number of hydrogen-bond donors (Lipinski definition) is 1. The summed E-state index contributed by atoms with van der Waals surface area (Å²) in [6.07, 6.45) is 0. The molecule has 20 heavy (non-hydrogen) atoms. The van der Waals surface area contributed by atoms with Gasteiger partial charge >= 0.3 is 5.97 Å². The third kappa shape index (κ3) is 3.04. The van der Waals surface area contributed by atoms with Crippen LogP contribution in [-0.2, 0) is 14.1 Å². The van der Waals surface area contributed by atoms with Gasteiger partial charge in [-0.15, -0.1) is 0 Å². The summed E-state index contributed by atoms with van der Waals surface area (Å²) in [6.45, 7) is -1.83. The number of hydrogen-bond acceptors (Lipinski definition) is 3. The Labute approximate surface area is 122 Å². The molecule has 0 aliphatic heterocycles. The molecule has 6 heteroatoms. The first-order valence-corrected chi connectivity index (χ1v) is 8.70. The molecule has 106 valence electrons. The summed E-state index contributed by atoms with van der Waals surface area (Å²) in [6, 6.07) is 12.2. The van der Waals surface area contributed by atoms with Crippen molar-refractivity contribution in [1.82, 2.24) is 5.09 Å². The van der Waals surface area contributed by atoms with Crippen molar-refractivity contribution < 1.29 is 14.1 Å². The van der Waals surface area contributed by atoms with Crippen LogP contribution in [0.1, 0.15) is 6.92 Å². The van der Waals surface area contributed by atoms with E-state index < -0.39 is 18.7 Å². The van der Waals surface area contributed by atoms with Gasteiger partial charge in [0, 0.05) is 5.30 Å². The maximum absolute atomic E-state index is 12.7. The summed E-state index contributed by atoms with van der Waals surface area (Å²) in [5, 5.41) is 4.90. The molecule has 0 aliphatic carbocycles. The lowest BCUT2D eigenvalue weighted by atomic mass is 10.1. The Balaban J connectivity index is 2.42. The number of esters is 1. The van der Waals surface area contributed by atoms with Crippen molar-refractivity contribution in [3.63, 3.8) is 0 Å². The average molecular weight is 312 g/mol. The van der Waals surface area contributed by atoms with Gasteiger partial charge in [0.05, 0.1) is 7.11 Å².